The van der Waals surface area contributed by atoms with Crippen molar-refractivity contribution in [2.75, 3.05) is 6.61 Å². The molecule has 0 spiro atoms. The van der Waals surface area contributed by atoms with Gasteiger partial charge in [-0.15, -0.1) is 0 Å². The first-order valence-electron chi connectivity index (χ1n) is 22.1. The van der Waals surface area contributed by atoms with E-state index < -0.39 is 125 Å². The van der Waals surface area contributed by atoms with Crippen molar-refractivity contribution < 1.29 is 72.2 Å². The van der Waals surface area contributed by atoms with Crippen molar-refractivity contribution in [3.05, 3.63) is 119 Å². The molecule has 2 saturated carbocycles. The van der Waals surface area contributed by atoms with Crippen molar-refractivity contribution in [1.29, 1.82) is 0 Å². The van der Waals surface area contributed by atoms with Crippen LogP contribution in [0.15, 0.2) is 102 Å². The molecule has 17 heteroatoms. The SMILES string of the molecule is CC(=O)O[C@H]1C(=O)[C@]2(C)[C@@H](OC(=O)[C@H](C)N)C[C@H]3OC[C@@]3(OC(C)=O)[C@H]2[C@H](OC(=O)c2ccccc2)[C@]2(O)C[C@H](OC(=O)[C@H](O)[C@@H](NC(=O)c3ccccc3)c3ccccc3)C(C)=C1C2(C)C. The van der Waals surface area contributed by atoms with Gasteiger partial charge in [0.05, 0.1) is 29.5 Å². The minimum Gasteiger partial charge on any atom is -0.460 e. The molecule has 0 radical (unpaired) electrons. The molecule has 0 unspecified atom stereocenters. The summed E-state index contributed by atoms with van der Waals surface area (Å²) < 4.78 is 36.8. The molecule has 3 aromatic rings. The second-order valence-electron chi connectivity index (χ2n) is 18.6. The molecular weight excluding hydrogens is 869 g/mol. The van der Waals surface area contributed by atoms with Crippen molar-refractivity contribution >= 4 is 41.5 Å². The van der Waals surface area contributed by atoms with E-state index in [9.17, 15) is 39.0 Å². The molecule has 0 aromatic heterocycles. The molecule has 3 aliphatic carbocycles. The van der Waals surface area contributed by atoms with E-state index in [-0.39, 0.29) is 35.3 Å². The first-order chi connectivity index (χ1) is 31.6. The highest BCUT2D eigenvalue weighted by atomic mass is 16.6. The Hall–Kier alpha value is -6.27. The summed E-state index contributed by atoms with van der Waals surface area (Å²) in [6.07, 6.45) is -10.8. The Bertz CT molecular complexity index is 2460. The number of rotatable bonds is 12. The van der Waals surface area contributed by atoms with Crippen molar-refractivity contribution in [3.63, 3.8) is 0 Å². The van der Waals surface area contributed by atoms with E-state index in [4.69, 9.17) is 34.2 Å². The van der Waals surface area contributed by atoms with Gasteiger partial charge in [-0.1, -0.05) is 80.6 Å². The van der Waals surface area contributed by atoms with E-state index in [1.54, 1.807) is 92.7 Å². The van der Waals surface area contributed by atoms with Crippen molar-refractivity contribution in [2.24, 2.45) is 22.5 Å². The summed E-state index contributed by atoms with van der Waals surface area (Å²) in [4.78, 5) is 98.3. The number of Topliss-reactive ketones (excluding diaryl/α,β-unsaturated/α-hetero) is 1. The lowest BCUT2D eigenvalue weighted by Gasteiger charge is -2.67. The molecule has 1 saturated heterocycles. The van der Waals surface area contributed by atoms with Gasteiger partial charge < -0.3 is 49.7 Å². The Labute approximate surface area is 387 Å². The number of benzene rings is 3. The van der Waals surface area contributed by atoms with E-state index in [0.29, 0.717) is 5.56 Å². The zero-order valence-corrected chi connectivity index (χ0v) is 38.3. The van der Waals surface area contributed by atoms with E-state index in [0.717, 1.165) is 13.8 Å². The Morgan fingerprint density at radius 3 is 1.93 bits per heavy atom. The Morgan fingerprint density at radius 1 is 0.806 bits per heavy atom. The van der Waals surface area contributed by atoms with Crippen LogP contribution in [0.3, 0.4) is 0 Å². The van der Waals surface area contributed by atoms with Gasteiger partial charge in [0, 0.05) is 37.7 Å². The van der Waals surface area contributed by atoms with Crippen LogP contribution in [0.25, 0.3) is 0 Å². The molecule has 7 rings (SSSR count). The lowest BCUT2D eigenvalue weighted by molar-refractivity contribution is -0.346. The molecule has 2 bridgehead atoms. The maximum Gasteiger partial charge on any atom is 0.338 e. The number of carbonyl (C=O) groups is 7. The fourth-order valence-electron chi connectivity index (χ4n) is 10.6. The largest absolute Gasteiger partial charge is 0.460 e. The quantitative estimate of drug-likeness (QED) is 0.115. The fraction of sp³-hybridized carbons (Fsp3) is 0.460. The monoisotopic (exact) mass is 924 g/mol. The van der Waals surface area contributed by atoms with Crippen molar-refractivity contribution in [1.82, 2.24) is 5.32 Å². The van der Waals surface area contributed by atoms with Gasteiger partial charge in [0.25, 0.3) is 5.91 Å². The summed E-state index contributed by atoms with van der Waals surface area (Å²) in [5.41, 5.74) is -1.49. The molecule has 356 valence electrons. The fourth-order valence-corrected chi connectivity index (χ4v) is 10.6. The number of ketones is 1. The molecule has 1 heterocycles. The maximum absolute atomic E-state index is 16.0. The minimum absolute atomic E-state index is 0.0360. The predicted molar refractivity (Wildman–Crippen MR) is 235 cm³/mol. The van der Waals surface area contributed by atoms with Crippen LogP contribution in [0.2, 0.25) is 0 Å². The molecule has 3 fully saturated rings. The Morgan fingerprint density at radius 2 is 1.39 bits per heavy atom. The van der Waals surface area contributed by atoms with Gasteiger partial charge in [0.15, 0.2) is 23.6 Å². The summed E-state index contributed by atoms with van der Waals surface area (Å²) in [5.74, 6) is -8.04. The number of hydrogen-bond donors (Lipinski definition) is 4. The first-order valence-corrected chi connectivity index (χ1v) is 22.1. The number of nitrogens with two attached hydrogens (primary N) is 1. The molecule has 17 nitrogen and oxygen atoms in total. The molecule has 4 aliphatic rings. The van der Waals surface area contributed by atoms with E-state index in [1.807, 2.05) is 0 Å². The van der Waals surface area contributed by atoms with Crippen LogP contribution in [0.5, 0.6) is 0 Å². The number of hydrogen-bond acceptors (Lipinski definition) is 16. The summed E-state index contributed by atoms with van der Waals surface area (Å²) in [5, 5.41) is 28.5. The Balaban J connectivity index is 1.43. The number of esters is 5. The van der Waals surface area contributed by atoms with Crippen LogP contribution in [0, 0.1) is 16.7 Å². The minimum atomic E-state index is -2.46. The molecule has 3 aromatic carbocycles. The van der Waals surface area contributed by atoms with E-state index in [2.05, 4.69) is 5.32 Å². The summed E-state index contributed by atoms with van der Waals surface area (Å²) in [7, 11) is 0. The number of aliphatic hydroxyl groups excluding tert-OH is 1. The summed E-state index contributed by atoms with van der Waals surface area (Å²) in [6, 6.07) is 21.6. The third-order valence-electron chi connectivity index (χ3n) is 14.1. The van der Waals surface area contributed by atoms with Gasteiger partial charge in [-0.2, -0.15) is 0 Å². The van der Waals surface area contributed by atoms with Gasteiger partial charge in [0.1, 0.15) is 36.1 Å². The van der Waals surface area contributed by atoms with Gasteiger partial charge in [-0.25, -0.2) is 9.59 Å². The number of fused-ring (bicyclic) bond motifs is 5. The lowest BCUT2D eigenvalue weighted by Crippen LogP contribution is -2.82. The van der Waals surface area contributed by atoms with Crippen molar-refractivity contribution in [2.45, 2.75) is 121 Å². The highest BCUT2D eigenvalue weighted by molar-refractivity contribution is 5.96. The number of aliphatic hydroxyl groups is 2. The molecule has 1 amide bonds. The number of amides is 1. The molecule has 1 aliphatic heterocycles. The summed E-state index contributed by atoms with van der Waals surface area (Å²) >= 11 is 0. The predicted octanol–water partition coefficient (Wildman–Crippen LogP) is 3.63. The average molecular weight is 925 g/mol. The highest BCUT2D eigenvalue weighted by Crippen LogP contribution is 2.65. The van der Waals surface area contributed by atoms with Gasteiger partial charge >= 0.3 is 29.8 Å². The smallest absolute Gasteiger partial charge is 0.338 e. The first kappa shape index (κ1) is 48.7. The van der Waals surface area contributed by atoms with E-state index in [1.165, 1.54) is 32.9 Å². The number of carbonyl (C=O) groups excluding carboxylic acids is 7. The van der Waals surface area contributed by atoms with Crippen LogP contribution in [0.1, 0.15) is 93.6 Å². The van der Waals surface area contributed by atoms with Crippen LogP contribution < -0.4 is 11.1 Å². The van der Waals surface area contributed by atoms with Gasteiger partial charge in [0.2, 0.25) is 0 Å². The normalized spacial score (nSPS) is 30.7. The molecule has 5 N–H and O–H groups in total. The van der Waals surface area contributed by atoms with Crippen LogP contribution in [-0.2, 0) is 52.4 Å². The number of ether oxygens (including phenoxy) is 6. The third kappa shape index (κ3) is 8.53. The zero-order valence-electron chi connectivity index (χ0n) is 38.3. The van der Waals surface area contributed by atoms with Crippen LogP contribution in [-0.4, -0.2) is 112 Å². The lowest BCUT2D eigenvalue weighted by atomic mass is 9.44. The van der Waals surface area contributed by atoms with Gasteiger partial charge in [-0.05, 0) is 61.7 Å². The average Bonchev–Trinajstić information content (AvgIpc) is 3.28. The van der Waals surface area contributed by atoms with Crippen LogP contribution in [0.4, 0.5) is 0 Å². The second kappa shape index (κ2) is 18.4. The second-order valence-corrected chi connectivity index (χ2v) is 18.6. The Kier molecular flexibility index (Phi) is 13.4. The number of nitrogens with one attached hydrogen (secondary N) is 1. The maximum atomic E-state index is 16.0. The van der Waals surface area contributed by atoms with Gasteiger partial charge in [-0.3, -0.25) is 24.0 Å². The topological polar surface area (TPSA) is 253 Å². The highest BCUT2D eigenvalue weighted by Gasteiger charge is 2.79. The molecule has 67 heavy (non-hydrogen) atoms. The molecule has 12 atom stereocenters. The standard InChI is InChI=1S/C50H56N2O15/c1-26-33(64-46(60)38(55)37(30-17-11-8-12-18-30)52-43(57)31-19-13-9-14-20-31)24-50(61)42(66-45(59)32-21-15-10-16-22-32)40-48(7,41(56)39(63-28(3)53)36(26)47(50,5)6)34(65-44(58)27(2)51)23-35-49(40,25-62-35)67-29(4)54/h8-22,27,33-35,37-40,42,55,61H,23-25,51H2,1-7H3,(H,52,57)/t27-,33-,34-,35+,37-,38+,39+,40-,42-,48+,49-,50+/m0/s1. The zero-order chi connectivity index (χ0) is 48.8. The van der Waals surface area contributed by atoms with E-state index >= 15 is 4.79 Å². The van der Waals surface area contributed by atoms with Crippen LogP contribution >= 0.6 is 0 Å². The third-order valence-corrected chi connectivity index (χ3v) is 14.1. The molecular formula is C50H56N2O15. The van der Waals surface area contributed by atoms with Crippen molar-refractivity contribution in [3.8, 4) is 0 Å². The summed E-state index contributed by atoms with van der Waals surface area (Å²) in [6.45, 7) is 9.22.